The summed E-state index contributed by atoms with van der Waals surface area (Å²) >= 11 is 0. The second kappa shape index (κ2) is 5.48. The van der Waals surface area contributed by atoms with Crippen LogP contribution in [0, 0.1) is 5.82 Å². The minimum Gasteiger partial charge on any atom is -0.337 e. The molecule has 1 aromatic rings. The van der Waals surface area contributed by atoms with Crippen LogP contribution in [-0.4, -0.2) is 36.5 Å². The Balaban J connectivity index is 2.13. The van der Waals surface area contributed by atoms with Crippen molar-refractivity contribution in [2.24, 2.45) is 0 Å². The third kappa shape index (κ3) is 2.70. The lowest BCUT2D eigenvalue weighted by atomic mass is 9.98. The van der Waals surface area contributed by atoms with E-state index in [1.165, 1.54) is 12.1 Å². The molecular weight excluding hydrogens is 231 g/mol. The Bertz CT molecular complexity index is 436. The maximum atomic E-state index is 13.2. The molecule has 0 aromatic heterocycles. The van der Waals surface area contributed by atoms with E-state index in [1.54, 1.807) is 12.1 Å². The molecule has 1 N–H and O–H groups in total. The van der Waals surface area contributed by atoms with E-state index in [0.717, 1.165) is 25.2 Å². The minimum atomic E-state index is -0.291. The van der Waals surface area contributed by atoms with E-state index in [-0.39, 0.29) is 23.7 Å². The van der Waals surface area contributed by atoms with E-state index in [4.69, 9.17) is 0 Å². The molecule has 18 heavy (non-hydrogen) atoms. The second-order valence-electron chi connectivity index (χ2n) is 4.86. The van der Waals surface area contributed by atoms with Crippen LogP contribution in [0.3, 0.4) is 0 Å². The largest absolute Gasteiger partial charge is 0.337 e. The van der Waals surface area contributed by atoms with Gasteiger partial charge in [-0.3, -0.25) is 4.79 Å². The maximum absolute atomic E-state index is 13.2. The lowest BCUT2D eigenvalue weighted by Gasteiger charge is -2.35. The average molecular weight is 250 g/mol. The number of carbonyl (C=O) groups is 1. The highest BCUT2D eigenvalue weighted by atomic mass is 19.1. The van der Waals surface area contributed by atoms with Crippen molar-refractivity contribution in [1.29, 1.82) is 0 Å². The number of benzene rings is 1. The Morgan fingerprint density at radius 3 is 3.00 bits per heavy atom. The molecule has 4 heteroatoms. The van der Waals surface area contributed by atoms with Crippen LogP contribution in [0.15, 0.2) is 24.3 Å². The van der Waals surface area contributed by atoms with Crippen molar-refractivity contribution in [3.63, 3.8) is 0 Å². The number of hydrogen-bond acceptors (Lipinski definition) is 2. The van der Waals surface area contributed by atoms with Crippen LogP contribution in [0.25, 0.3) is 0 Å². The molecule has 2 rings (SSSR count). The van der Waals surface area contributed by atoms with Crippen LogP contribution in [-0.2, 0) is 4.79 Å². The Kier molecular flexibility index (Phi) is 3.97. The fourth-order valence-corrected chi connectivity index (χ4v) is 2.34. The predicted octanol–water partition coefficient (Wildman–Crippen LogP) is 1.75. The van der Waals surface area contributed by atoms with Crippen molar-refractivity contribution in [3.05, 3.63) is 35.6 Å². The molecule has 1 aliphatic rings. The molecule has 1 saturated heterocycles. The highest BCUT2D eigenvalue weighted by molar-refractivity contribution is 5.83. The van der Waals surface area contributed by atoms with Gasteiger partial charge in [-0.05, 0) is 31.5 Å². The molecule has 0 spiro atoms. The standard InChI is InChI=1S/C14H19FN2O/c1-10-9-16-6-7-17(10)14(18)11(2)12-4-3-5-13(15)8-12/h3-5,8,10-11,16H,6-7,9H2,1-2H3/t10-,11?/m0/s1. The van der Waals surface area contributed by atoms with Gasteiger partial charge in [0.2, 0.25) is 5.91 Å². The Morgan fingerprint density at radius 1 is 1.56 bits per heavy atom. The molecule has 1 aromatic carbocycles. The summed E-state index contributed by atoms with van der Waals surface area (Å²) in [5.74, 6) is -0.503. The summed E-state index contributed by atoms with van der Waals surface area (Å²) in [6, 6.07) is 6.49. The summed E-state index contributed by atoms with van der Waals surface area (Å²) in [7, 11) is 0. The quantitative estimate of drug-likeness (QED) is 0.867. The van der Waals surface area contributed by atoms with Gasteiger partial charge < -0.3 is 10.2 Å². The number of halogens is 1. The summed E-state index contributed by atoms with van der Waals surface area (Å²) in [5, 5.41) is 3.25. The maximum Gasteiger partial charge on any atom is 0.230 e. The predicted molar refractivity (Wildman–Crippen MR) is 68.9 cm³/mol. The van der Waals surface area contributed by atoms with Crippen molar-refractivity contribution < 1.29 is 9.18 Å². The summed E-state index contributed by atoms with van der Waals surface area (Å²) < 4.78 is 13.2. The van der Waals surface area contributed by atoms with Gasteiger partial charge in [-0.15, -0.1) is 0 Å². The van der Waals surface area contributed by atoms with Crippen LogP contribution >= 0.6 is 0 Å². The zero-order chi connectivity index (χ0) is 13.1. The van der Waals surface area contributed by atoms with E-state index in [0.29, 0.717) is 0 Å². The Labute approximate surface area is 107 Å². The molecule has 1 unspecified atom stereocenters. The number of nitrogens with one attached hydrogen (secondary N) is 1. The zero-order valence-corrected chi connectivity index (χ0v) is 10.8. The van der Waals surface area contributed by atoms with Gasteiger partial charge in [0.1, 0.15) is 5.82 Å². The van der Waals surface area contributed by atoms with Crippen molar-refractivity contribution in [2.75, 3.05) is 19.6 Å². The average Bonchev–Trinajstić information content (AvgIpc) is 2.37. The van der Waals surface area contributed by atoms with E-state index >= 15 is 0 Å². The number of nitrogens with zero attached hydrogens (tertiary/aromatic N) is 1. The first kappa shape index (κ1) is 13.0. The highest BCUT2D eigenvalue weighted by Gasteiger charge is 2.27. The molecule has 2 atom stereocenters. The van der Waals surface area contributed by atoms with Gasteiger partial charge >= 0.3 is 0 Å². The fraction of sp³-hybridized carbons (Fsp3) is 0.500. The molecule has 98 valence electrons. The van der Waals surface area contributed by atoms with Gasteiger partial charge in [-0.2, -0.15) is 0 Å². The van der Waals surface area contributed by atoms with E-state index in [1.807, 2.05) is 18.7 Å². The molecule has 0 bridgehead atoms. The van der Waals surface area contributed by atoms with Crippen molar-refractivity contribution in [3.8, 4) is 0 Å². The lowest BCUT2D eigenvalue weighted by molar-refractivity contribution is -0.135. The molecule has 0 aliphatic carbocycles. The molecule has 0 saturated carbocycles. The van der Waals surface area contributed by atoms with Gasteiger partial charge in [0.05, 0.1) is 5.92 Å². The number of piperazine rings is 1. The van der Waals surface area contributed by atoms with Crippen LogP contribution in [0.2, 0.25) is 0 Å². The molecular formula is C14H19FN2O. The molecule has 3 nitrogen and oxygen atoms in total. The zero-order valence-electron chi connectivity index (χ0n) is 10.8. The Hall–Kier alpha value is -1.42. The molecule has 1 fully saturated rings. The monoisotopic (exact) mass is 250 g/mol. The second-order valence-corrected chi connectivity index (χ2v) is 4.86. The molecule has 1 amide bonds. The first-order chi connectivity index (χ1) is 8.59. The smallest absolute Gasteiger partial charge is 0.230 e. The number of amides is 1. The minimum absolute atomic E-state index is 0.0783. The van der Waals surface area contributed by atoms with E-state index in [9.17, 15) is 9.18 Å². The third-order valence-electron chi connectivity index (χ3n) is 3.50. The molecule has 1 aliphatic heterocycles. The third-order valence-corrected chi connectivity index (χ3v) is 3.50. The number of rotatable bonds is 2. The first-order valence-corrected chi connectivity index (χ1v) is 6.36. The molecule has 1 heterocycles. The van der Waals surface area contributed by atoms with Gasteiger partial charge in [0.25, 0.3) is 0 Å². The van der Waals surface area contributed by atoms with E-state index in [2.05, 4.69) is 5.32 Å². The van der Waals surface area contributed by atoms with E-state index < -0.39 is 0 Å². The number of carbonyl (C=O) groups excluding carboxylic acids is 1. The summed E-state index contributed by atoms with van der Waals surface area (Å²) in [6.45, 7) is 6.24. The first-order valence-electron chi connectivity index (χ1n) is 6.36. The van der Waals surface area contributed by atoms with Gasteiger partial charge in [0.15, 0.2) is 0 Å². The highest BCUT2D eigenvalue weighted by Crippen LogP contribution is 2.20. The van der Waals surface area contributed by atoms with Gasteiger partial charge in [-0.1, -0.05) is 12.1 Å². The van der Waals surface area contributed by atoms with Crippen LogP contribution < -0.4 is 5.32 Å². The lowest BCUT2D eigenvalue weighted by Crippen LogP contribution is -2.53. The summed E-state index contributed by atoms with van der Waals surface area (Å²) in [5.41, 5.74) is 0.741. The van der Waals surface area contributed by atoms with Crippen LogP contribution in [0.1, 0.15) is 25.3 Å². The Morgan fingerprint density at radius 2 is 2.33 bits per heavy atom. The fourth-order valence-electron chi connectivity index (χ4n) is 2.34. The normalized spacial score (nSPS) is 21.7. The molecule has 0 radical (unpaired) electrons. The van der Waals surface area contributed by atoms with Crippen molar-refractivity contribution >= 4 is 5.91 Å². The van der Waals surface area contributed by atoms with Crippen molar-refractivity contribution in [2.45, 2.75) is 25.8 Å². The topological polar surface area (TPSA) is 32.3 Å². The van der Waals surface area contributed by atoms with Gasteiger partial charge in [-0.25, -0.2) is 4.39 Å². The van der Waals surface area contributed by atoms with Gasteiger partial charge in [0, 0.05) is 25.7 Å². The number of hydrogen-bond donors (Lipinski definition) is 1. The van der Waals surface area contributed by atoms with Crippen LogP contribution in [0.4, 0.5) is 4.39 Å². The van der Waals surface area contributed by atoms with Crippen molar-refractivity contribution in [1.82, 2.24) is 10.2 Å². The summed E-state index contributed by atoms with van der Waals surface area (Å²) in [4.78, 5) is 14.3. The SMILES string of the molecule is CC(C(=O)N1CCNC[C@@H]1C)c1cccc(F)c1. The summed E-state index contributed by atoms with van der Waals surface area (Å²) in [6.07, 6.45) is 0. The van der Waals surface area contributed by atoms with Crippen LogP contribution in [0.5, 0.6) is 0 Å².